The van der Waals surface area contributed by atoms with E-state index >= 15 is 0 Å². The zero-order chi connectivity index (χ0) is 14.0. The number of ether oxygens (including phenoxy) is 1. The molecule has 0 aromatic heterocycles. The molecular formula is C14H11Br2FO2. The van der Waals surface area contributed by atoms with Crippen molar-refractivity contribution in [2.45, 2.75) is 6.10 Å². The lowest BCUT2D eigenvalue weighted by Crippen LogP contribution is -2.02. The second kappa shape index (κ2) is 6.03. The predicted octanol–water partition coefficient (Wildman–Crippen LogP) is 4.44. The van der Waals surface area contributed by atoms with Crippen LogP contribution in [-0.2, 0) is 0 Å². The molecule has 19 heavy (non-hydrogen) atoms. The van der Waals surface area contributed by atoms with Crippen molar-refractivity contribution >= 4 is 31.9 Å². The fraction of sp³-hybridized carbons (Fsp3) is 0.143. The van der Waals surface area contributed by atoms with E-state index in [1.54, 1.807) is 31.4 Å². The molecule has 0 aliphatic carbocycles. The van der Waals surface area contributed by atoms with Gasteiger partial charge in [-0.2, -0.15) is 0 Å². The van der Waals surface area contributed by atoms with Crippen molar-refractivity contribution in [3.05, 3.63) is 62.3 Å². The largest absolute Gasteiger partial charge is 0.497 e. The number of methoxy groups -OCH3 is 1. The molecule has 0 radical (unpaired) electrons. The molecule has 0 amide bonds. The van der Waals surface area contributed by atoms with E-state index in [1.165, 1.54) is 12.1 Å². The van der Waals surface area contributed by atoms with Gasteiger partial charge in [-0.15, -0.1) is 0 Å². The number of rotatable bonds is 3. The summed E-state index contributed by atoms with van der Waals surface area (Å²) in [5.74, 6) is 0.345. The molecule has 0 aliphatic heterocycles. The molecule has 1 unspecified atom stereocenters. The molecule has 0 spiro atoms. The minimum Gasteiger partial charge on any atom is -0.497 e. The van der Waals surface area contributed by atoms with E-state index in [1.807, 2.05) is 0 Å². The van der Waals surface area contributed by atoms with Gasteiger partial charge in [0.15, 0.2) is 0 Å². The number of benzene rings is 2. The van der Waals surface area contributed by atoms with Gasteiger partial charge in [-0.05, 0) is 35.4 Å². The van der Waals surface area contributed by atoms with E-state index in [0.29, 0.717) is 21.3 Å². The van der Waals surface area contributed by atoms with E-state index in [9.17, 15) is 9.50 Å². The van der Waals surface area contributed by atoms with E-state index in [-0.39, 0.29) is 5.82 Å². The van der Waals surface area contributed by atoms with Crippen LogP contribution in [0.2, 0.25) is 0 Å². The van der Waals surface area contributed by atoms with Crippen LogP contribution in [0.5, 0.6) is 5.75 Å². The third-order valence-electron chi connectivity index (χ3n) is 2.76. The number of hydrogen-bond acceptors (Lipinski definition) is 2. The first kappa shape index (κ1) is 14.5. The van der Waals surface area contributed by atoms with Crippen molar-refractivity contribution in [1.82, 2.24) is 0 Å². The van der Waals surface area contributed by atoms with Gasteiger partial charge in [-0.3, -0.25) is 0 Å². The van der Waals surface area contributed by atoms with Crippen molar-refractivity contribution in [3.8, 4) is 5.75 Å². The highest BCUT2D eigenvalue weighted by molar-refractivity contribution is 9.10. The Morgan fingerprint density at radius 3 is 2.16 bits per heavy atom. The molecule has 2 nitrogen and oxygen atoms in total. The van der Waals surface area contributed by atoms with Gasteiger partial charge >= 0.3 is 0 Å². The molecule has 0 saturated heterocycles. The van der Waals surface area contributed by atoms with Crippen LogP contribution >= 0.6 is 31.9 Å². The number of aliphatic hydroxyl groups is 1. The van der Waals surface area contributed by atoms with Crippen LogP contribution in [0.3, 0.4) is 0 Å². The van der Waals surface area contributed by atoms with Gasteiger partial charge in [-0.1, -0.05) is 44.0 Å². The highest BCUT2D eigenvalue weighted by atomic mass is 79.9. The molecule has 0 heterocycles. The third kappa shape index (κ3) is 3.16. The Bertz CT molecular complexity index is 602. The van der Waals surface area contributed by atoms with E-state index in [2.05, 4.69) is 31.9 Å². The van der Waals surface area contributed by atoms with Crippen molar-refractivity contribution in [3.63, 3.8) is 0 Å². The molecule has 0 fully saturated rings. The SMILES string of the molecule is COc1ccc(C(O)c2ccc(F)cc2Br)c(Br)c1. The number of halogens is 3. The van der Waals surface area contributed by atoms with Gasteiger partial charge in [0, 0.05) is 8.95 Å². The Kier molecular flexibility index (Phi) is 4.60. The summed E-state index contributed by atoms with van der Waals surface area (Å²) in [5, 5.41) is 10.4. The van der Waals surface area contributed by atoms with Crippen molar-refractivity contribution in [1.29, 1.82) is 0 Å². The number of hydrogen-bond donors (Lipinski definition) is 1. The maximum Gasteiger partial charge on any atom is 0.124 e. The molecule has 0 bridgehead atoms. The molecule has 0 saturated carbocycles. The number of aliphatic hydroxyl groups excluding tert-OH is 1. The van der Waals surface area contributed by atoms with Crippen LogP contribution in [0, 0.1) is 5.82 Å². The average molecular weight is 390 g/mol. The van der Waals surface area contributed by atoms with E-state index in [0.717, 1.165) is 4.47 Å². The first-order valence-electron chi connectivity index (χ1n) is 5.49. The summed E-state index contributed by atoms with van der Waals surface area (Å²) in [5.41, 5.74) is 1.29. The van der Waals surface area contributed by atoms with Crippen LogP contribution in [0.1, 0.15) is 17.2 Å². The fourth-order valence-corrected chi connectivity index (χ4v) is 2.89. The maximum atomic E-state index is 13.1. The summed E-state index contributed by atoms with van der Waals surface area (Å²) in [4.78, 5) is 0. The van der Waals surface area contributed by atoms with Gasteiger partial charge in [0.1, 0.15) is 17.7 Å². The van der Waals surface area contributed by atoms with Crippen molar-refractivity contribution in [2.24, 2.45) is 0 Å². The Morgan fingerprint density at radius 1 is 1.05 bits per heavy atom. The summed E-state index contributed by atoms with van der Waals surface area (Å²) in [6, 6.07) is 9.51. The molecule has 0 aliphatic rings. The predicted molar refractivity (Wildman–Crippen MR) is 78.9 cm³/mol. The van der Waals surface area contributed by atoms with Crippen molar-refractivity contribution < 1.29 is 14.2 Å². The van der Waals surface area contributed by atoms with Crippen LogP contribution in [0.15, 0.2) is 45.3 Å². The highest BCUT2D eigenvalue weighted by Gasteiger charge is 2.17. The second-order valence-electron chi connectivity index (χ2n) is 3.96. The first-order chi connectivity index (χ1) is 9.02. The minimum absolute atomic E-state index is 0.350. The highest BCUT2D eigenvalue weighted by Crippen LogP contribution is 2.34. The lowest BCUT2D eigenvalue weighted by atomic mass is 10.0. The molecule has 100 valence electrons. The monoisotopic (exact) mass is 388 g/mol. The van der Waals surface area contributed by atoms with Gasteiger partial charge in [-0.25, -0.2) is 4.39 Å². The zero-order valence-electron chi connectivity index (χ0n) is 10.0. The fourth-order valence-electron chi connectivity index (χ4n) is 1.75. The minimum atomic E-state index is -0.852. The van der Waals surface area contributed by atoms with Gasteiger partial charge in [0.05, 0.1) is 7.11 Å². The smallest absolute Gasteiger partial charge is 0.124 e. The van der Waals surface area contributed by atoms with Crippen LogP contribution < -0.4 is 4.74 Å². The van der Waals surface area contributed by atoms with Gasteiger partial charge < -0.3 is 9.84 Å². The summed E-state index contributed by atoms with van der Waals surface area (Å²) < 4.78 is 19.4. The summed E-state index contributed by atoms with van der Waals surface area (Å²) in [6.45, 7) is 0. The molecule has 1 atom stereocenters. The molecule has 2 aromatic rings. The van der Waals surface area contributed by atoms with Crippen molar-refractivity contribution in [2.75, 3.05) is 7.11 Å². The Hall–Kier alpha value is -0.910. The van der Waals surface area contributed by atoms with E-state index < -0.39 is 6.10 Å². The summed E-state index contributed by atoms with van der Waals surface area (Å²) >= 11 is 6.65. The van der Waals surface area contributed by atoms with Crippen LogP contribution in [0.4, 0.5) is 4.39 Å². The average Bonchev–Trinajstić information content (AvgIpc) is 2.37. The molecular weight excluding hydrogens is 379 g/mol. The maximum absolute atomic E-state index is 13.1. The van der Waals surface area contributed by atoms with Crippen LogP contribution in [-0.4, -0.2) is 12.2 Å². The Labute approximate surface area is 127 Å². The van der Waals surface area contributed by atoms with Gasteiger partial charge in [0.25, 0.3) is 0 Å². The van der Waals surface area contributed by atoms with E-state index in [4.69, 9.17) is 4.74 Å². The Balaban J connectivity index is 2.41. The lowest BCUT2D eigenvalue weighted by molar-refractivity contribution is 0.218. The normalized spacial score (nSPS) is 12.3. The zero-order valence-corrected chi connectivity index (χ0v) is 13.2. The molecule has 2 rings (SSSR count). The quantitative estimate of drug-likeness (QED) is 0.840. The first-order valence-corrected chi connectivity index (χ1v) is 7.08. The molecule has 1 N–H and O–H groups in total. The summed E-state index contributed by atoms with van der Waals surface area (Å²) in [7, 11) is 1.58. The molecule has 5 heteroatoms. The topological polar surface area (TPSA) is 29.5 Å². The van der Waals surface area contributed by atoms with Gasteiger partial charge in [0.2, 0.25) is 0 Å². The lowest BCUT2D eigenvalue weighted by Gasteiger charge is -2.15. The summed E-state index contributed by atoms with van der Waals surface area (Å²) in [6.07, 6.45) is -0.852. The third-order valence-corrected chi connectivity index (χ3v) is 4.13. The van der Waals surface area contributed by atoms with Crippen LogP contribution in [0.25, 0.3) is 0 Å². The Morgan fingerprint density at radius 2 is 1.63 bits per heavy atom. The molecule has 2 aromatic carbocycles. The standard InChI is InChI=1S/C14H11Br2FO2/c1-19-9-3-5-11(13(16)7-9)14(18)10-4-2-8(17)6-12(10)15/h2-7,14,18H,1H3. The second-order valence-corrected chi connectivity index (χ2v) is 5.66.